The van der Waals surface area contributed by atoms with Gasteiger partial charge in [0.2, 0.25) is 5.78 Å². The van der Waals surface area contributed by atoms with E-state index in [-0.39, 0.29) is 38.8 Å². The zero-order valence-corrected chi connectivity index (χ0v) is 17.1. The van der Waals surface area contributed by atoms with Crippen LogP contribution in [-0.4, -0.2) is 26.8 Å². The van der Waals surface area contributed by atoms with E-state index in [2.05, 4.69) is 4.99 Å². The number of aliphatic hydroxyl groups is 1. The fourth-order valence-electron chi connectivity index (χ4n) is 3.04. The summed E-state index contributed by atoms with van der Waals surface area (Å²) in [5.41, 5.74) is 2.18. The molecule has 3 rings (SSSR count). The molecule has 2 aromatic carbocycles. The lowest BCUT2D eigenvalue weighted by molar-refractivity contribution is -0.110. The van der Waals surface area contributed by atoms with Gasteiger partial charge in [-0.2, -0.15) is 0 Å². The molecule has 0 saturated heterocycles. The van der Waals surface area contributed by atoms with Crippen molar-refractivity contribution in [2.75, 3.05) is 0 Å². The van der Waals surface area contributed by atoms with Crippen LogP contribution in [-0.2, 0) is 11.2 Å². The molecule has 0 unspecified atom stereocenters. The molecule has 0 aromatic heterocycles. The number of hydrogen-bond acceptors (Lipinski definition) is 5. The lowest BCUT2D eigenvalue weighted by Crippen LogP contribution is -2.22. The Morgan fingerprint density at radius 3 is 2.24 bits per heavy atom. The zero-order valence-electron chi connectivity index (χ0n) is 15.6. The second-order valence-electron chi connectivity index (χ2n) is 6.67. The Hall–Kier alpha value is -2.76. The summed E-state index contributed by atoms with van der Waals surface area (Å²) in [6.45, 7) is 1.92. The van der Waals surface area contributed by atoms with Gasteiger partial charge in [0.15, 0.2) is 0 Å². The maximum atomic E-state index is 12.8. The lowest BCUT2D eigenvalue weighted by Gasteiger charge is -2.18. The number of Topliss-reactive ketones (excluding diaryl/α,β-unsaturated/α-hetero) is 1. The van der Waals surface area contributed by atoms with Crippen LogP contribution < -0.4 is 0 Å². The van der Waals surface area contributed by atoms with Gasteiger partial charge in [0.05, 0.1) is 15.7 Å². The number of phenolic OH excluding ortho intramolecular Hbond substituents is 2. The standard InChI is InChI=1S/C22H19Cl2NO4/c1-2-3-15-21(28)13(8-12-4-6-19(26)16(23)9-12)10-18(22(15)29)25-14-5-7-20(27)17(24)11-14/h4-7,9-11,26-28H,2-3,8H2,1H3. The van der Waals surface area contributed by atoms with Crippen LogP contribution in [0.15, 0.2) is 64.4 Å². The van der Waals surface area contributed by atoms with Gasteiger partial charge in [-0.3, -0.25) is 4.79 Å². The fourth-order valence-corrected chi connectivity index (χ4v) is 3.42. The van der Waals surface area contributed by atoms with Gasteiger partial charge in [-0.1, -0.05) is 42.6 Å². The van der Waals surface area contributed by atoms with Crippen molar-refractivity contribution >= 4 is 40.4 Å². The molecule has 29 heavy (non-hydrogen) atoms. The molecule has 1 aliphatic carbocycles. The smallest absolute Gasteiger partial charge is 0.211 e. The molecule has 0 fully saturated rings. The number of rotatable bonds is 5. The topological polar surface area (TPSA) is 90.1 Å². The largest absolute Gasteiger partial charge is 0.507 e. The van der Waals surface area contributed by atoms with Crippen LogP contribution in [0.4, 0.5) is 5.69 Å². The molecule has 2 aromatic rings. The fraction of sp³-hybridized carbons (Fsp3) is 0.182. The van der Waals surface area contributed by atoms with Crippen LogP contribution in [0.2, 0.25) is 10.0 Å². The van der Waals surface area contributed by atoms with E-state index >= 15 is 0 Å². The highest BCUT2D eigenvalue weighted by Gasteiger charge is 2.27. The summed E-state index contributed by atoms with van der Waals surface area (Å²) in [5.74, 6) is -0.499. The van der Waals surface area contributed by atoms with Crippen molar-refractivity contribution in [3.8, 4) is 11.5 Å². The van der Waals surface area contributed by atoms with Gasteiger partial charge in [-0.05, 0) is 48.4 Å². The molecule has 150 valence electrons. The third-order valence-corrected chi connectivity index (χ3v) is 5.10. The highest BCUT2D eigenvalue weighted by molar-refractivity contribution is 6.51. The van der Waals surface area contributed by atoms with Crippen molar-refractivity contribution in [3.05, 3.63) is 75.0 Å². The third-order valence-electron chi connectivity index (χ3n) is 4.50. The molecule has 0 heterocycles. The van der Waals surface area contributed by atoms with Crippen LogP contribution in [0.1, 0.15) is 25.3 Å². The third kappa shape index (κ3) is 4.63. The van der Waals surface area contributed by atoms with E-state index < -0.39 is 0 Å². The van der Waals surface area contributed by atoms with E-state index in [1.54, 1.807) is 24.3 Å². The normalized spacial score (nSPS) is 15.8. The molecular weight excluding hydrogens is 413 g/mol. The number of carbonyl (C=O) groups excluding carboxylic acids is 1. The maximum Gasteiger partial charge on any atom is 0.211 e. The molecular formula is C22H19Cl2NO4. The van der Waals surface area contributed by atoms with Gasteiger partial charge < -0.3 is 15.3 Å². The van der Waals surface area contributed by atoms with Crippen LogP contribution in [0.25, 0.3) is 0 Å². The molecule has 0 saturated carbocycles. The average Bonchev–Trinajstić information content (AvgIpc) is 2.68. The van der Waals surface area contributed by atoms with Crippen molar-refractivity contribution < 1.29 is 20.1 Å². The minimum Gasteiger partial charge on any atom is -0.507 e. The monoisotopic (exact) mass is 431 g/mol. The molecule has 0 bridgehead atoms. The predicted octanol–water partition coefficient (Wildman–Crippen LogP) is 5.84. The molecule has 3 N–H and O–H groups in total. The van der Waals surface area contributed by atoms with Crippen LogP contribution in [0.5, 0.6) is 11.5 Å². The first-order valence-electron chi connectivity index (χ1n) is 9.02. The highest BCUT2D eigenvalue weighted by atomic mass is 35.5. The van der Waals surface area contributed by atoms with Crippen molar-refractivity contribution in [2.24, 2.45) is 4.99 Å². The molecule has 7 heteroatoms. The van der Waals surface area contributed by atoms with Gasteiger partial charge >= 0.3 is 0 Å². The summed E-state index contributed by atoms with van der Waals surface area (Å²) >= 11 is 11.9. The summed E-state index contributed by atoms with van der Waals surface area (Å²) in [7, 11) is 0. The Morgan fingerprint density at radius 1 is 0.966 bits per heavy atom. The molecule has 5 nitrogen and oxygen atoms in total. The van der Waals surface area contributed by atoms with Gasteiger partial charge in [0, 0.05) is 17.6 Å². The average molecular weight is 432 g/mol. The van der Waals surface area contributed by atoms with E-state index in [9.17, 15) is 20.1 Å². The van der Waals surface area contributed by atoms with Crippen molar-refractivity contribution in [3.63, 3.8) is 0 Å². The Balaban J connectivity index is 2.04. The summed E-state index contributed by atoms with van der Waals surface area (Å²) < 4.78 is 0. The number of nitrogens with zero attached hydrogens (tertiary/aromatic N) is 1. The summed E-state index contributed by atoms with van der Waals surface area (Å²) in [6, 6.07) is 9.19. The first-order valence-corrected chi connectivity index (χ1v) is 9.78. The van der Waals surface area contributed by atoms with Crippen LogP contribution >= 0.6 is 23.2 Å². The van der Waals surface area contributed by atoms with Crippen molar-refractivity contribution in [2.45, 2.75) is 26.2 Å². The number of aliphatic imine (C=N–C) groups is 1. The van der Waals surface area contributed by atoms with Crippen molar-refractivity contribution in [1.82, 2.24) is 0 Å². The van der Waals surface area contributed by atoms with Gasteiger partial charge in [-0.15, -0.1) is 0 Å². The number of allylic oxidation sites excluding steroid dienone is 3. The predicted molar refractivity (Wildman–Crippen MR) is 115 cm³/mol. The first-order chi connectivity index (χ1) is 13.8. The zero-order chi connectivity index (χ0) is 21.1. The second-order valence-corrected chi connectivity index (χ2v) is 7.49. The first kappa shape index (κ1) is 21.0. The number of hydrogen-bond donors (Lipinski definition) is 3. The Kier molecular flexibility index (Phi) is 6.30. The van der Waals surface area contributed by atoms with Crippen LogP contribution in [0, 0.1) is 0 Å². The van der Waals surface area contributed by atoms with Gasteiger partial charge in [0.25, 0.3) is 0 Å². The number of ketones is 1. The number of aliphatic hydroxyl groups excluding tert-OH is 1. The van der Waals surface area contributed by atoms with E-state index in [0.29, 0.717) is 36.1 Å². The van der Waals surface area contributed by atoms with E-state index in [1.165, 1.54) is 18.2 Å². The molecule has 1 aliphatic rings. The Labute approximate surface area is 178 Å². The number of halogens is 2. The molecule has 0 spiro atoms. The SMILES string of the molecule is CCCC1=C(O)C(Cc2ccc(O)c(Cl)c2)=CC(=Nc2ccc(O)c(Cl)c2)C1=O. The summed E-state index contributed by atoms with van der Waals surface area (Å²) in [5, 5.41) is 30.2. The summed E-state index contributed by atoms with van der Waals surface area (Å²) in [4.78, 5) is 17.2. The Bertz CT molecular complexity index is 1070. The number of aromatic hydroxyl groups is 2. The maximum absolute atomic E-state index is 12.8. The molecule has 0 radical (unpaired) electrons. The van der Waals surface area contributed by atoms with E-state index in [1.807, 2.05) is 6.92 Å². The quantitative estimate of drug-likeness (QED) is 0.518. The number of carbonyl (C=O) groups is 1. The minimum atomic E-state index is -0.346. The lowest BCUT2D eigenvalue weighted by atomic mass is 9.88. The summed E-state index contributed by atoms with van der Waals surface area (Å²) in [6.07, 6.45) is 2.94. The minimum absolute atomic E-state index is 0.0267. The molecule has 0 aliphatic heterocycles. The van der Waals surface area contributed by atoms with Crippen molar-refractivity contribution in [1.29, 1.82) is 0 Å². The Morgan fingerprint density at radius 2 is 1.62 bits per heavy atom. The molecule has 0 atom stereocenters. The van der Waals surface area contributed by atoms with E-state index in [4.69, 9.17) is 23.2 Å². The highest BCUT2D eigenvalue weighted by Crippen LogP contribution is 2.31. The van der Waals surface area contributed by atoms with Gasteiger partial charge in [-0.25, -0.2) is 4.99 Å². The van der Waals surface area contributed by atoms with Crippen LogP contribution in [0.3, 0.4) is 0 Å². The van der Waals surface area contributed by atoms with Gasteiger partial charge in [0.1, 0.15) is 23.0 Å². The number of benzene rings is 2. The molecule has 0 amide bonds. The second kappa shape index (κ2) is 8.72. The number of phenols is 2. The van der Waals surface area contributed by atoms with E-state index in [0.717, 1.165) is 5.56 Å².